The maximum atomic E-state index is 5.90. The molecule has 26 heavy (non-hydrogen) atoms. The standard InChI is InChI=1S/C22H30N2O2/c1-4-14-25-19-7-5-17(6-8-19)22-21-10-9-20(26-15-13-24(2)3)16-18(21)11-12-23-22/h5-10,16,22-23H,4,11-15H2,1-3H3. The Kier molecular flexibility index (Phi) is 6.53. The predicted molar refractivity (Wildman–Crippen MR) is 106 cm³/mol. The summed E-state index contributed by atoms with van der Waals surface area (Å²) < 4.78 is 11.6. The minimum Gasteiger partial charge on any atom is -0.494 e. The van der Waals surface area contributed by atoms with Crippen LogP contribution in [-0.2, 0) is 6.42 Å². The Hall–Kier alpha value is -2.04. The second kappa shape index (κ2) is 9.06. The fourth-order valence-corrected chi connectivity index (χ4v) is 3.25. The zero-order valence-corrected chi connectivity index (χ0v) is 16.1. The summed E-state index contributed by atoms with van der Waals surface area (Å²) in [5.74, 6) is 1.91. The van der Waals surface area contributed by atoms with E-state index in [2.05, 4.69) is 73.7 Å². The summed E-state index contributed by atoms with van der Waals surface area (Å²) in [6.45, 7) is 5.50. The van der Waals surface area contributed by atoms with Crippen LogP contribution < -0.4 is 14.8 Å². The van der Waals surface area contributed by atoms with Gasteiger partial charge in [0.25, 0.3) is 0 Å². The van der Waals surface area contributed by atoms with Gasteiger partial charge in [0, 0.05) is 13.1 Å². The van der Waals surface area contributed by atoms with Crippen molar-refractivity contribution >= 4 is 0 Å². The van der Waals surface area contributed by atoms with Gasteiger partial charge >= 0.3 is 0 Å². The number of hydrogen-bond acceptors (Lipinski definition) is 4. The van der Waals surface area contributed by atoms with Gasteiger partial charge in [-0.05, 0) is 67.9 Å². The van der Waals surface area contributed by atoms with Gasteiger partial charge in [0.15, 0.2) is 0 Å². The zero-order valence-electron chi connectivity index (χ0n) is 16.1. The van der Waals surface area contributed by atoms with Gasteiger partial charge in [-0.1, -0.05) is 25.1 Å². The zero-order chi connectivity index (χ0) is 18.4. The summed E-state index contributed by atoms with van der Waals surface area (Å²) >= 11 is 0. The van der Waals surface area contributed by atoms with Gasteiger partial charge in [-0.3, -0.25) is 0 Å². The first kappa shape index (κ1) is 18.7. The number of rotatable bonds is 8. The van der Waals surface area contributed by atoms with Crippen LogP contribution in [0.2, 0.25) is 0 Å². The van der Waals surface area contributed by atoms with Crippen LogP contribution in [0.25, 0.3) is 0 Å². The van der Waals surface area contributed by atoms with E-state index in [1.165, 1.54) is 16.7 Å². The molecule has 0 fully saturated rings. The normalized spacial score (nSPS) is 16.4. The van der Waals surface area contributed by atoms with Crippen molar-refractivity contribution in [2.45, 2.75) is 25.8 Å². The lowest BCUT2D eigenvalue weighted by atomic mass is 9.90. The fourth-order valence-electron chi connectivity index (χ4n) is 3.25. The molecule has 1 N–H and O–H groups in total. The molecule has 2 aromatic rings. The molecule has 1 heterocycles. The monoisotopic (exact) mass is 354 g/mol. The molecule has 0 saturated carbocycles. The van der Waals surface area contributed by atoms with Gasteiger partial charge in [0.05, 0.1) is 12.6 Å². The largest absolute Gasteiger partial charge is 0.494 e. The molecular formula is C22H30N2O2. The second-order valence-electron chi connectivity index (χ2n) is 7.07. The van der Waals surface area contributed by atoms with Crippen molar-refractivity contribution in [3.63, 3.8) is 0 Å². The van der Waals surface area contributed by atoms with Crippen LogP contribution in [0.1, 0.15) is 36.1 Å². The van der Waals surface area contributed by atoms with Gasteiger partial charge in [0.1, 0.15) is 18.1 Å². The Morgan fingerprint density at radius 1 is 1.00 bits per heavy atom. The average Bonchev–Trinajstić information content (AvgIpc) is 2.66. The molecule has 2 aromatic carbocycles. The molecule has 0 aromatic heterocycles. The van der Waals surface area contributed by atoms with Crippen LogP contribution in [0.4, 0.5) is 0 Å². The van der Waals surface area contributed by atoms with Crippen LogP contribution in [-0.4, -0.2) is 45.3 Å². The van der Waals surface area contributed by atoms with E-state index in [1.807, 2.05) is 0 Å². The third-order valence-electron chi connectivity index (χ3n) is 4.66. The Bertz CT molecular complexity index is 698. The molecule has 1 unspecified atom stereocenters. The number of benzene rings is 2. The average molecular weight is 354 g/mol. The molecule has 0 amide bonds. The number of likely N-dealkylation sites (N-methyl/N-ethyl adjacent to an activating group) is 1. The summed E-state index contributed by atoms with van der Waals surface area (Å²) in [5, 5.41) is 3.64. The molecule has 140 valence electrons. The minimum atomic E-state index is 0.231. The second-order valence-corrected chi connectivity index (χ2v) is 7.07. The van der Waals surface area contributed by atoms with Crippen LogP contribution in [0, 0.1) is 0 Å². The molecule has 0 saturated heterocycles. The highest BCUT2D eigenvalue weighted by atomic mass is 16.5. The predicted octanol–water partition coefficient (Wildman–Crippen LogP) is 3.65. The summed E-state index contributed by atoms with van der Waals surface area (Å²) in [5.41, 5.74) is 4.00. The van der Waals surface area contributed by atoms with Gasteiger partial charge in [-0.2, -0.15) is 0 Å². The van der Waals surface area contributed by atoms with Gasteiger partial charge in [-0.15, -0.1) is 0 Å². The van der Waals surface area contributed by atoms with Crippen molar-refractivity contribution in [2.24, 2.45) is 0 Å². The lowest BCUT2D eigenvalue weighted by Gasteiger charge is -2.28. The van der Waals surface area contributed by atoms with Crippen LogP contribution in [0.15, 0.2) is 42.5 Å². The number of ether oxygens (including phenoxy) is 2. The summed E-state index contributed by atoms with van der Waals surface area (Å²) in [4.78, 5) is 2.13. The maximum Gasteiger partial charge on any atom is 0.119 e. The first-order chi connectivity index (χ1) is 12.7. The van der Waals surface area contributed by atoms with E-state index in [0.29, 0.717) is 6.61 Å². The van der Waals surface area contributed by atoms with Gasteiger partial charge in [0.2, 0.25) is 0 Å². The molecular weight excluding hydrogens is 324 g/mol. The minimum absolute atomic E-state index is 0.231. The molecule has 0 spiro atoms. The maximum absolute atomic E-state index is 5.90. The highest BCUT2D eigenvalue weighted by Crippen LogP contribution is 2.32. The van der Waals surface area contributed by atoms with E-state index >= 15 is 0 Å². The van der Waals surface area contributed by atoms with Crippen molar-refractivity contribution in [3.8, 4) is 11.5 Å². The van der Waals surface area contributed by atoms with Crippen molar-refractivity contribution in [1.29, 1.82) is 0 Å². The molecule has 0 bridgehead atoms. The lowest BCUT2D eigenvalue weighted by Crippen LogP contribution is -2.30. The quantitative estimate of drug-likeness (QED) is 0.785. The molecule has 1 aliphatic rings. The van der Waals surface area contributed by atoms with Crippen LogP contribution in [0.3, 0.4) is 0 Å². The Morgan fingerprint density at radius 2 is 1.73 bits per heavy atom. The number of nitrogens with zero attached hydrogens (tertiary/aromatic N) is 1. The first-order valence-corrected chi connectivity index (χ1v) is 9.54. The number of nitrogens with one attached hydrogen (secondary N) is 1. The summed E-state index contributed by atoms with van der Waals surface area (Å²) in [6.07, 6.45) is 2.06. The fraction of sp³-hybridized carbons (Fsp3) is 0.455. The third kappa shape index (κ3) is 4.77. The topological polar surface area (TPSA) is 33.7 Å². The summed E-state index contributed by atoms with van der Waals surface area (Å²) in [7, 11) is 4.12. The van der Waals surface area contributed by atoms with Gasteiger partial charge < -0.3 is 19.7 Å². The van der Waals surface area contributed by atoms with Crippen molar-refractivity contribution in [2.75, 3.05) is 40.4 Å². The highest BCUT2D eigenvalue weighted by molar-refractivity contribution is 5.44. The number of hydrogen-bond donors (Lipinski definition) is 1. The van der Waals surface area contributed by atoms with E-state index in [-0.39, 0.29) is 6.04 Å². The Morgan fingerprint density at radius 3 is 2.46 bits per heavy atom. The van der Waals surface area contributed by atoms with E-state index < -0.39 is 0 Å². The van der Waals surface area contributed by atoms with Crippen LogP contribution >= 0.6 is 0 Å². The van der Waals surface area contributed by atoms with Crippen molar-refractivity contribution < 1.29 is 9.47 Å². The molecule has 1 atom stereocenters. The molecule has 3 rings (SSSR count). The molecule has 4 heteroatoms. The van der Waals surface area contributed by atoms with E-state index in [1.54, 1.807) is 0 Å². The van der Waals surface area contributed by atoms with E-state index in [0.717, 1.165) is 44.0 Å². The lowest BCUT2D eigenvalue weighted by molar-refractivity contribution is 0.261. The van der Waals surface area contributed by atoms with E-state index in [9.17, 15) is 0 Å². The molecule has 4 nitrogen and oxygen atoms in total. The smallest absolute Gasteiger partial charge is 0.119 e. The molecule has 1 aliphatic heterocycles. The Labute approximate surface area is 157 Å². The first-order valence-electron chi connectivity index (χ1n) is 9.54. The van der Waals surface area contributed by atoms with E-state index in [4.69, 9.17) is 9.47 Å². The Balaban J connectivity index is 1.72. The van der Waals surface area contributed by atoms with Crippen molar-refractivity contribution in [3.05, 3.63) is 59.2 Å². The third-order valence-corrected chi connectivity index (χ3v) is 4.66. The molecule has 0 aliphatic carbocycles. The van der Waals surface area contributed by atoms with Crippen molar-refractivity contribution in [1.82, 2.24) is 10.2 Å². The van der Waals surface area contributed by atoms with Gasteiger partial charge in [-0.25, -0.2) is 0 Å². The highest BCUT2D eigenvalue weighted by Gasteiger charge is 2.21. The molecule has 0 radical (unpaired) electrons. The number of fused-ring (bicyclic) bond motifs is 1. The SMILES string of the molecule is CCCOc1ccc(C2NCCc3cc(OCCN(C)C)ccc32)cc1. The summed E-state index contributed by atoms with van der Waals surface area (Å²) in [6, 6.07) is 15.2. The van der Waals surface area contributed by atoms with Crippen LogP contribution in [0.5, 0.6) is 11.5 Å².